The molecule has 43 heavy (non-hydrogen) atoms. The van der Waals surface area contributed by atoms with Gasteiger partial charge in [0.2, 0.25) is 5.13 Å². The number of amides is 1. The van der Waals surface area contributed by atoms with Gasteiger partial charge in [-0.15, -0.1) is 10.2 Å². The lowest BCUT2D eigenvalue weighted by molar-refractivity contribution is -0.132. The molecule has 1 N–H and O–H groups in total. The number of hydrogen-bond donors (Lipinski definition) is 1. The molecular formula is C34H27N3O5S. The lowest BCUT2D eigenvalue weighted by Gasteiger charge is -2.23. The Morgan fingerprint density at radius 3 is 2.30 bits per heavy atom. The van der Waals surface area contributed by atoms with E-state index in [1.54, 1.807) is 55.5 Å². The van der Waals surface area contributed by atoms with Gasteiger partial charge in [0.15, 0.2) is 0 Å². The van der Waals surface area contributed by atoms with Crippen LogP contribution in [0.4, 0.5) is 5.13 Å². The average Bonchev–Trinajstić information content (AvgIpc) is 3.56. The minimum absolute atomic E-state index is 0.0526. The number of nitrogens with zero attached hydrogens (tertiary/aromatic N) is 3. The summed E-state index contributed by atoms with van der Waals surface area (Å²) in [4.78, 5) is 28.2. The van der Waals surface area contributed by atoms with Gasteiger partial charge in [0.1, 0.15) is 34.6 Å². The summed E-state index contributed by atoms with van der Waals surface area (Å²) in [6.07, 6.45) is 0. The summed E-state index contributed by atoms with van der Waals surface area (Å²) in [7, 11) is 0. The van der Waals surface area contributed by atoms with Crippen molar-refractivity contribution < 1.29 is 24.2 Å². The highest BCUT2D eigenvalue weighted by molar-refractivity contribution is 7.15. The highest BCUT2D eigenvalue weighted by atomic mass is 32.1. The fourth-order valence-corrected chi connectivity index (χ4v) is 5.65. The van der Waals surface area contributed by atoms with Crippen molar-refractivity contribution in [3.05, 3.63) is 136 Å². The van der Waals surface area contributed by atoms with Gasteiger partial charge in [0.25, 0.3) is 5.78 Å². The molecule has 0 spiro atoms. The van der Waals surface area contributed by atoms with E-state index in [0.29, 0.717) is 40.0 Å². The first-order valence-electron chi connectivity index (χ1n) is 13.6. The Labute approximate surface area is 252 Å². The summed E-state index contributed by atoms with van der Waals surface area (Å²) in [5.41, 5.74) is 3.07. The number of carbonyl (C=O) groups is 2. The summed E-state index contributed by atoms with van der Waals surface area (Å²) in [6, 6.07) is 30.2. The third-order valence-electron chi connectivity index (χ3n) is 6.93. The number of rotatable bonds is 8. The third-order valence-corrected chi connectivity index (χ3v) is 7.77. The summed E-state index contributed by atoms with van der Waals surface area (Å²) in [6.45, 7) is 4.18. The second-order valence-electron chi connectivity index (χ2n) is 10.1. The monoisotopic (exact) mass is 589 g/mol. The summed E-state index contributed by atoms with van der Waals surface area (Å²) >= 11 is 1.19. The molecule has 214 valence electrons. The van der Waals surface area contributed by atoms with Crippen molar-refractivity contribution in [2.24, 2.45) is 0 Å². The Hall–Kier alpha value is -5.28. The number of benzene rings is 4. The quantitative estimate of drug-likeness (QED) is 0.116. The van der Waals surface area contributed by atoms with Crippen LogP contribution >= 0.6 is 11.3 Å². The largest absolute Gasteiger partial charge is 0.507 e. The van der Waals surface area contributed by atoms with Crippen molar-refractivity contribution in [2.75, 3.05) is 4.90 Å². The molecule has 0 unspecified atom stereocenters. The molecule has 4 aromatic carbocycles. The molecule has 1 aliphatic heterocycles. The SMILES string of the molecule is Cc1cccc(COc2ccc(C(O)=C3C(=O)C(=O)N(c4nnc(C)s4)[C@@H]3c3cccc(Oc4ccccc4)c3)cc2)c1. The highest BCUT2D eigenvalue weighted by Gasteiger charge is 2.48. The van der Waals surface area contributed by atoms with Crippen LogP contribution in [0.2, 0.25) is 0 Å². The van der Waals surface area contributed by atoms with Gasteiger partial charge in [-0.05, 0) is 73.5 Å². The van der Waals surface area contributed by atoms with Gasteiger partial charge in [-0.1, -0.05) is 71.5 Å². The molecule has 9 heteroatoms. The maximum Gasteiger partial charge on any atom is 0.301 e. The van der Waals surface area contributed by atoms with E-state index in [1.165, 1.54) is 16.2 Å². The Balaban J connectivity index is 1.36. The number of aryl methyl sites for hydroxylation is 2. The first-order valence-corrected chi connectivity index (χ1v) is 14.4. The number of anilines is 1. The van der Waals surface area contributed by atoms with Gasteiger partial charge in [-0.3, -0.25) is 14.5 Å². The van der Waals surface area contributed by atoms with Crippen molar-refractivity contribution in [2.45, 2.75) is 26.5 Å². The minimum Gasteiger partial charge on any atom is -0.507 e. The maximum atomic E-state index is 13.5. The molecule has 0 saturated carbocycles. The number of Topliss-reactive ketones (excluding diaryl/α,β-unsaturated/α-hetero) is 1. The number of ether oxygens (including phenoxy) is 2. The topological polar surface area (TPSA) is 102 Å². The van der Waals surface area contributed by atoms with Gasteiger partial charge in [-0.2, -0.15) is 0 Å². The van der Waals surface area contributed by atoms with Crippen LogP contribution in [0.1, 0.15) is 33.3 Å². The van der Waals surface area contributed by atoms with Crippen LogP contribution in [-0.4, -0.2) is 27.0 Å². The Morgan fingerprint density at radius 2 is 1.58 bits per heavy atom. The number of aliphatic hydroxyl groups is 1. The molecule has 0 radical (unpaired) electrons. The molecular weight excluding hydrogens is 562 g/mol. The van der Waals surface area contributed by atoms with Crippen LogP contribution in [0.25, 0.3) is 5.76 Å². The third kappa shape index (κ3) is 5.89. The van der Waals surface area contributed by atoms with Crippen molar-refractivity contribution in [1.82, 2.24) is 10.2 Å². The van der Waals surface area contributed by atoms with E-state index in [4.69, 9.17) is 9.47 Å². The first-order chi connectivity index (χ1) is 20.9. The van der Waals surface area contributed by atoms with Gasteiger partial charge >= 0.3 is 5.91 Å². The zero-order valence-corrected chi connectivity index (χ0v) is 24.2. The summed E-state index contributed by atoms with van der Waals surface area (Å²) in [5, 5.41) is 20.6. The summed E-state index contributed by atoms with van der Waals surface area (Å²) < 4.78 is 11.9. The van der Waals surface area contributed by atoms with Gasteiger partial charge in [0, 0.05) is 5.56 Å². The normalized spacial score (nSPS) is 16.0. The molecule has 8 nitrogen and oxygen atoms in total. The number of carbonyl (C=O) groups excluding carboxylic acids is 2. The maximum absolute atomic E-state index is 13.5. The molecule has 6 rings (SSSR count). The second kappa shape index (κ2) is 11.9. The Bertz CT molecular complexity index is 1830. The number of aromatic nitrogens is 2. The van der Waals surface area contributed by atoms with Crippen molar-refractivity contribution in [1.29, 1.82) is 0 Å². The fourth-order valence-electron chi connectivity index (χ4n) is 4.93. The van der Waals surface area contributed by atoms with Crippen LogP contribution in [0.15, 0.2) is 109 Å². The van der Waals surface area contributed by atoms with Crippen molar-refractivity contribution in [3.63, 3.8) is 0 Å². The minimum atomic E-state index is -0.955. The average molecular weight is 590 g/mol. The van der Waals surface area contributed by atoms with Gasteiger partial charge < -0.3 is 14.6 Å². The van der Waals surface area contributed by atoms with Crippen LogP contribution in [0.5, 0.6) is 17.2 Å². The molecule has 1 saturated heterocycles. The van der Waals surface area contributed by atoms with Gasteiger partial charge in [0.05, 0.1) is 11.6 Å². The molecule has 5 aromatic rings. The molecule has 1 amide bonds. The van der Waals surface area contributed by atoms with Crippen LogP contribution in [0, 0.1) is 13.8 Å². The van der Waals surface area contributed by atoms with Crippen molar-refractivity contribution >= 4 is 33.9 Å². The molecule has 2 heterocycles. The van der Waals surface area contributed by atoms with E-state index in [9.17, 15) is 14.7 Å². The van der Waals surface area contributed by atoms with Crippen LogP contribution in [-0.2, 0) is 16.2 Å². The number of hydrogen-bond acceptors (Lipinski definition) is 8. The Morgan fingerprint density at radius 1 is 0.837 bits per heavy atom. The zero-order valence-electron chi connectivity index (χ0n) is 23.4. The van der Waals surface area contributed by atoms with E-state index in [1.807, 2.05) is 55.5 Å². The van der Waals surface area contributed by atoms with E-state index >= 15 is 0 Å². The van der Waals surface area contributed by atoms with Crippen LogP contribution in [0.3, 0.4) is 0 Å². The summed E-state index contributed by atoms with van der Waals surface area (Å²) in [5.74, 6) is -0.160. The highest BCUT2D eigenvalue weighted by Crippen LogP contribution is 2.44. The number of ketones is 1. The zero-order chi connectivity index (χ0) is 29.9. The molecule has 1 fully saturated rings. The van der Waals surface area contributed by atoms with Crippen molar-refractivity contribution in [3.8, 4) is 17.2 Å². The van der Waals surface area contributed by atoms with Gasteiger partial charge in [-0.25, -0.2) is 0 Å². The second-order valence-corrected chi connectivity index (χ2v) is 11.2. The number of para-hydroxylation sites is 1. The van der Waals surface area contributed by atoms with Crippen LogP contribution < -0.4 is 14.4 Å². The number of aliphatic hydroxyl groups excluding tert-OH is 1. The molecule has 1 aromatic heterocycles. The van der Waals surface area contributed by atoms with E-state index in [2.05, 4.69) is 16.3 Å². The van der Waals surface area contributed by atoms with E-state index < -0.39 is 17.7 Å². The lowest BCUT2D eigenvalue weighted by atomic mass is 9.95. The smallest absolute Gasteiger partial charge is 0.301 e. The standard InChI is InChI=1S/C34H27N3O5S/c1-21-8-6-9-23(18-21)20-41-26-16-14-24(15-17-26)31(38)29-30(37(33(40)32(29)39)34-36-35-22(2)43-34)25-10-7-13-28(19-25)42-27-11-4-3-5-12-27/h3-19,30,38H,20H2,1-2H3/t30-/m1/s1. The fraction of sp³-hybridized carbons (Fsp3) is 0.118. The molecule has 0 bridgehead atoms. The first kappa shape index (κ1) is 27.9. The Kier molecular flexibility index (Phi) is 7.72. The van der Waals surface area contributed by atoms with E-state index in [-0.39, 0.29) is 16.5 Å². The van der Waals surface area contributed by atoms with E-state index in [0.717, 1.165) is 11.1 Å². The predicted octanol–water partition coefficient (Wildman–Crippen LogP) is 7.15. The lowest BCUT2D eigenvalue weighted by Crippen LogP contribution is -2.29. The molecule has 0 aliphatic carbocycles. The predicted molar refractivity (Wildman–Crippen MR) is 164 cm³/mol. The molecule has 1 atom stereocenters. The molecule has 1 aliphatic rings.